The molecule has 146 valence electrons. The highest BCUT2D eigenvalue weighted by Crippen LogP contribution is 2.34. The molecule has 0 spiro atoms. The lowest BCUT2D eigenvalue weighted by atomic mass is 10.2. The van der Waals surface area contributed by atoms with E-state index in [0.29, 0.717) is 5.69 Å². The van der Waals surface area contributed by atoms with Gasteiger partial charge >= 0.3 is 0 Å². The summed E-state index contributed by atoms with van der Waals surface area (Å²) in [5.41, 5.74) is 1.87. The predicted molar refractivity (Wildman–Crippen MR) is 118 cm³/mol. The summed E-state index contributed by atoms with van der Waals surface area (Å²) >= 11 is 4.20. The highest BCUT2D eigenvalue weighted by Gasteiger charge is 2.14. The fraction of sp³-hybridized carbons (Fsp3) is 0.263. The van der Waals surface area contributed by atoms with Crippen LogP contribution in [-0.4, -0.2) is 45.9 Å². The smallest absolute Gasteiger partial charge is 0.285 e. The predicted octanol–water partition coefficient (Wildman–Crippen LogP) is 4.81. The van der Waals surface area contributed by atoms with E-state index in [2.05, 4.69) is 29.1 Å². The van der Waals surface area contributed by atoms with Crippen LogP contribution in [-0.2, 0) is 4.79 Å². The van der Waals surface area contributed by atoms with Gasteiger partial charge in [-0.15, -0.1) is 11.3 Å². The quantitative estimate of drug-likeness (QED) is 0.460. The van der Waals surface area contributed by atoms with Gasteiger partial charge in [-0.25, -0.2) is 9.97 Å². The van der Waals surface area contributed by atoms with Crippen LogP contribution in [0.4, 0.5) is 10.5 Å². The third-order valence-corrected chi connectivity index (χ3v) is 7.13. The molecule has 0 radical (unpaired) electrons. The van der Waals surface area contributed by atoms with Gasteiger partial charge < -0.3 is 10.2 Å². The van der Waals surface area contributed by atoms with Gasteiger partial charge in [0, 0.05) is 34.9 Å². The molecule has 0 aliphatic heterocycles. The second kappa shape index (κ2) is 8.93. The molecule has 3 rings (SSSR count). The Balaban J connectivity index is 1.60. The first-order valence-electron chi connectivity index (χ1n) is 8.47. The van der Waals surface area contributed by atoms with E-state index >= 15 is 0 Å². The van der Waals surface area contributed by atoms with E-state index in [-0.39, 0.29) is 16.9 Å². The molecule has 0 saturated heterocycles. The van der Waals surface area contributed by atoms with Gasteiger partial charge in [-0.3, -0.25) is 9.59 Å². The summed E-state index contributed by atoms with van der Waals surface area (Å²) in [6.07, 6.45) is 1.55. The monoisotopic (exact) mass is 432 g/mol. The van der Waals surface area contributed by atoms with E-state index < -0.39 is 0 Å². The van der Waals surface area contributed by atoms with E-state index in [1.165, 1.54) is 27.1 Å². The van der Waals surface area contributed by atoms with Crippen LogP contribution in [0.5, 0.6) is 0 Å². The maximum absolute atomic E-state index is 12.3. The summed E-state index contributed by atoms with van der Waals surface area (Å²) in [7, 11) is 3.43. The second-order valence-corrected chi connectivity index (χ2v) is 9.46. The highest BCUT2D eigenvalue weighted by atomic mass is 32.2. The van der Waals surface area contributed by atoms with Gasteiger partial charge in [0.25, 0.3) is 5.24 Å². The molecular formula is C19H20N4O2S3. The molecule has 3 aromatic rings. The van der Waals surface area contributed by atoms with E-state index in [4.69, 9.17) is 0 Å². The molecule has 9 heteroatoms. The molecule has 0 aliphatic carbocycles. The lowest BCUT2D eigenvalue weighted by Crippen LogP contribution is -2.16. The first kappa shape index (κ1) is 20.6. The van der Waals surface area contributed by atoms with Crippen molar-refractivity contribution in [2.45, 2.75) is 23.8 Å². The summed E-state index contributed by atoms with van der Waals surface area (Å²) in [6.45, 7) is 4.12. The van der Waals surface area contributed by atoms with Crippen molar-refractivity contribution in [3.63, 3.8) is 0 Å². The van der Waals surface area contributed by atoms with Gasteiger partial charge in [-0.05, 0) is 55.4 Å². The molecule has 2 amide bonds. The molecule has 28 heavy (non-hydrogen) atoms. The number of amides is 2. The molecule has 0 bridgehead atoms. The van der Waals surface area contributed by atoms with Crippen molar-refractivity contribution in [2.75, 3.05) is 25.2 Å². The molecule has 0 atom stereocenters. The van der Waals surface area contributed by atoms with Crippen LogP contribution < -0.4 is 5.32 Å². The van der Waals surface area contributed by atoms with E-state index in [1.807, 2.05) is 12.1 Å². The molecule has 0 fully saturated rings. The number of carbonyl (C=O) groups excluding carboxylic acids is 2. The van der Waals surface area contributed by atoms with Crippen molar-refractivity contribution in [1.29, 1.82) is 0 Å². The molecule has 1 N–H and O–H groups in total. The Labute approximate surface area is 176 Å². The fourth-order valence-electron chi connectivity index (χ4n) is 2.39. The number of thioether (sulfide) groups is 2. The number of fused-ring (bicyclic) bond motifs is 1. The maximum atomic E-state index is 12.3. The Morgan fingerprint density at radius 1 is 1.14 bits per heavy atom. The van der Waals surface area contributed by atoms with Gasteiger partial charge in [-0.2, -0.15) is 0 Å². The minimum absolute atomic E-state index is 0.0386. The zero-order chi connectivity index (χ0) is 20.3. The van der Waals surface area contributed by atoms with Crippen LogP contribution in [0.15, 0.2) is 40.5 Å². The number of benzene rings is 1. The first-order valence-corrected chi connectivity index (χ1v) is 11.1. The van der Waals surface area contributed by atoms with Gasteiger partial charge in [0.2, 0.25) is 5.91 Å². The van der Waals surface area contributed by atoms with Crippen LogP contribution in [0, 0.1) is 13.8 Å². The van der Waals surface area contributed by atoms with Crippen LogP contribution in [0.3, 0.4) is 0 Å². The topological polar surface area (TPSA) is 75.2 Å². The summed E-state index contributed by atoms with van der Waals surface area (Å²) in [4.78, 5) is 37.2. The number of thiophene rings is 1. The molecule has 1 aromatic carbocycles. The average Bonchev–Trinajstić information content (AvgIpc) is 2.96. The molecular weight excluding hydrogens is 412 g/mol. The number of hydrogen-bond acceptors (Lipinski definition) is 7. The fourth-order valence-corrected chi connectivity index (χ4v) is 4.96. The number of anilines is 1. The largest absolute Gasteiger partial charge is 0.339 e. The Kier molecular flexibility index (Phi) is 6.58. The number of nitrogens with zero attached hydrogens (tertiary/aromatic N) is 3. The number of hydrogen-bond donors (Lipinski definition) is 1. The maximum Gasteiger partial charge on any atom is 0.285 e. The zero-order valence-electron chi connectivity index (χ0n) is 16.0. The Morgan fingerprint density at radius 2 is 1.86 bits per heavy atom. The second-order valence-electron chi connectivity index (χ2n) is 6.27. The summed E-state index contributed by atoms with van der Waals surface area (Å²) in [5.74, 6) is 0.155. The molecule has 0 saturated carbocycles. The Hall–Kier alpha value is -2.10. The first-order chi connectivity index (χ1) is 13.3. The summed E-state index contributed by atoms with van der Waals surface area (Å²) in [5, 5.41) is 4.71. The number of aryl methyl sites for hydroxylation is 2. The van der Waals surface area contributed by atoms with Crippen molar-refractivity contribution in [3.05, 3.63) is 41.0 Å². The van der Waals surface area contributed by atoms with Crippen molar-refractivity contribution in [3.8, 4) is 0 Å². The molecule has 2 heterocycles. The lowest BCUT2D eigenvalue weighted by molar-refractivity contribution is -0.113. The zero-order valence-corrected chi connectivity index (χ0v) is 18.4. The van der Waals surface area contributed by atoms with Crippen molar-refractivity contribution in [2.24, 2.45) is 0 Å². The van der Waals surface area contributed by atoms with Crippen LogP contribution >= 0.6 is 34.9 Å². The van der Waals surface area contributed by atoms with Crippen molar-refractivity contribution in [1.82, 2.24) is 14.9 Å². The molecule has 0 unspecified atom stereocenters. The number of aromatic nitrogens is 2. The average molecular weight is 433 g/mol. The highest BCUT2D eigenvalue weighted by molar-refractivity contribution is 8.13. The Bertz CT molecular complexity index is 1020. The van der Waals surface area contributed by atoms with Crippen molar-refractivity contribution < 1.29 is 9.59 Å². The molecule has 2 aromatic heterocycles. The standard InChI is InChI=1S/C19H20N4O2S3/c1-11-12(2)27-18-16(11)17(20-10-21-18)26-9-15(24)22-13-5-7-14(8-6-13)28-19(25)23(3)4/h5-8,10H,9H2,1-4H3,(H,22,24). The van der Waals surface area contributed by atoms with Gasteiger partial charge in [-0.1, -0.05) is 11.8 Å². The normalized spacial score (nSPS) is 10.9. The van der Waals surface area contributed by atoms with Crippen LogP contribution in [0.1, 0.15) is 10.4 Å². The SMILES string of the molecule is Cc1sc2ncnc(SCC(=O)Nc3ccc(SC(=O)N(C)C)cc3)c2c1C. The number of nitrogens with one attached hydrogen (secondary N) is 1. The van der Waals surface area contributed by atoms with Crippen LogP contribution in [0.25, 0.3) is 10.2 Å². The third kappa shape index (κ3) is 4.84. The molecule has 6 nitrogen and oxygen atoms in total. The van der Waals surface area contributed by atoms with Gasteiger partial charge in [0.15, 0.2) is 0 Å². The Morgan fingerprint density at radius 3 is 2.54 bits per heavy atom. The number of rotatable bonds is 5. The summed E-state index contributed by atoms with van der Waals surface area (Å²) in [6, 6.07) is 7.23. The van der Waals surface area contributed by atoms with Crippen LogP contribution in [0.2, 0.25) is 0 Å². The van der Waals surface area contributed by atoms with Crippen molar-refractivity contribution >= 4 is 61.9 Å². The minimum Gasteiger partial charge on any atom is -0.339 e. The van der Waals surface area contributed by atoms with E-state index in [0.717, 1.165) is 31.9 Å². The molecule has 0 aliphatic rings. The van der Waals surface area contributed by atoms with Gasteiger partial charge in [0.1, 0.15) is 16.2 Å². The van der Waals surface area contributed by atoms with E-state index in [9.17, 15) is 9.59 Å². The lowest BCUT2D eigenvalue weighted by Gasteiger charge is -2.10. The third-order valence-electron chi connectivity index (χ3n) is 3.98. The minimum atomic E-state index is -0.105. The number of carbonyl (C=O) groups is 2. The van der Waals surface area contributed by atoms with Gasteiger partial charge in [0.05, 0.1) is 5.75 Å². The van der Waals surface area contributed by atoms with E-state index in [1.54, 1.807) is 43.9 Å². The summed E-state index contributed by atoms with van der Waals surface area (Å²) < 4.78 is 0.